The Bertz CT molecular complexity index is 427. The molecule has 2 atom stereocenters. The molecule has 3 rings (SSSR count). The van der Waals surface area contributed by atoms with E-state index in [9.17, 15) is 4.79 Å². The largest absolute Gasteiger partial charge is 0.463 e. The van der Waals surface area contributed by atoms with Gasteiger partial charge in [0.25, 0.3) is 0 Å². The second-order valence-corrected chi connectivity index (χ2v) is 4.09. The minimum atomic E-state index is -0.518. The van der Waals surface area contributed by atoms with Gasteiger partial charge in [0.15, 0.2) is 5.54 Å². The van der Waals surface area contributed by atoms with Crippen molar-refractivity contribution in [2.75, 3.05) is 6.61 Å². The first-order chi connectivity index (χ1) is 7.31. The van der Waals surface area contributed by atoms with Gasteiger partial charge in [-0.25, -0.2) is 4.79 Å². The molecular formula is C12H11NO2. The molecule has 3 nitrogen and oxygen atoms in total. The van der Waals surface area contributed by atoms with Crippen LogP contribution in [0.15, 0.2) is 35.3 Å². The van der Waals surface area contributed by atoms with Gasteiger partial charge in [0, 0.05) is 12.1 Å². The van der Waals surface area contributed by atoms with Crippen molar-refractivity contribution in [3.8, 4) is 0 Å². The van der Waals surface area contributed by atoms with Crippen molar-refractivity contribution in [3.63, 3.8) is 0 Å². The summed E-state index contributed by atoms with van der Waals surface area (Å²) in [5, 5.41) is 0. The van der Waals surface area contributed by atoms with E-state index in [1.54, 1.807) is 6.21 Å². The summed E-state index contributed by atoms with van der Waals surface area (Å²) in [6.45, 7) is 0.547. The van der Waals surface area contributed by atoms with Gasteiger partial charge in [0.2, 0.25) is 0 Å². The molecule has 0 bridgehead atoms. The average molecular weight is 201 g/mol. The van der Waals surface area contributed by atoms with Crippen LogP contribution in [0.2, 0.25) is 0 Å². The average Bonchev–Trinajstić information content (AvgIpc) is 2.92. The highest BCUT2D eigenvalue weighted by Gasteiger charge is 2.66. The summed E-state index contributed by atoms with van der Waals surface area (Å²) < 4.78 is 4.95. The summed E-state index contributed by atoms with van der Waals surface area (Å²) >= 11 is 0. The smallest absolute Gasteiger partial charge is 0.334 e. The number of carbonyl (C=O) groups is 1. The molecule has 0 N–H and O–H groups in total. The number of rotatable bonds is 2. The van der Waals surface area contributed by atoms with E-state index in [0.29, 0.717) is 12.5 Å². The van der Waals surface area contributed by atoms with Gasteiger partial charge in [-0.05, 0) is 12.0 Å². The molecule has 0 aromatic heterocycles. The standard InChI is InChI=1S/C12H11NO2/c14-11-12(6-10(12)8-15-11)13-7-9-4-2-1-3-5-9/h1-5,7,10H,6,8H2/t10?,12-/m0/s1. The van der Waals surface area contributed by atoms with E-state index in [4.69, 9.17) is 4.74 Å². The maximum Gasteiger partial charge on any atom is 0.334 e. The Balaban J connectivity index is 1.82. The third-order valence-corrected chi connectivity index (χ3v) is 3.09. The van der Waals surface area contributed by atoms with E-state index in [0.717, 1.165) is 12.0 Å². The summed E-state index contributed by atoms with van der Waals surface area (Å²) in [5.74, 6) is 0.171. The summed E-state index contributed by atoms with van der Waals surface area (Å²) in [6, 6.07) is 9.81. The summed E-state index contributed by atoms with van der Waals surface area (Å²) in [5.41, 5.74) is 0.507. The fourth-order valence-corrected chi connectivity index (χ4v) is 2.00. The lowest BCUT2D eigenvalue weighted by atomic mass is 10.2. The van der Waals surface area contributed by atoms with Crippen LogP contribution in [0.3, 0.4) is 0 Å². The first kappa shape index (κ1) is 8.65. The Labute approximate surface area is 87.8 Å². The number of hydrogen-bond acceptors (Lipinski definition) is 3. The van der Waals surface area contributed by atoms with Crippen molar-refractivity contribution in [1.82, 2.24) is 0 Å². The van der Waals surface area contributed by atoms with E-state index in [1.807, 2.05) is 30.3 Å². The highest BCUT2D eigenvalue weighted by atomic mass is 16.5. The lowest BCUT2D eigenvalue weighted by molar-refractivity contribution is -0.141. The van der Waals surface area contributed by atoms with Gasteiger partial charge < -0.3 is 4.74 Å². The molecule has 76 valence electrons. The normalized spacial score (nSPS) is 32.8. The molecule has 3 heteroatoms. The molecule has 1 saturated carbocycles. The Hall–Kier alpha value is -1.64. The van der Waals surface area contributed by atoms with Crippen molar-refractivity contribution >= 4 is 12.2 Å². The van der Waals surface area contributed by atoms with Crippen molar-refractivity contribution < 1.29 is 9.53 Å². The van der Waals surface area contributed by atoms with Crippen LogP contribution in [0.1, 0.15) is 12.0 Å². The van der Waals surface area contributed by atoms with Gasteiger partial charge in [0.05, 0.1) is 6.61 Å². The van der Waals surface area contributed by atoms with E-state index < -0.39 is 5.54 Å². The zero-order valence-electron chi connectivity index (χ0n) is 8.22. The van der Waals surface area contributed by atoms with E-state index in [2.05, 4.69) is 4.99 Å². The first-order valence-corrected chi connectivity index (χ1v) is 5.09. The molecule has 15 heavy (non-hydrogen) atoms. The van der Waals surface area contributed by atoms with Crippen molar-refractivity contribution in [3.05, 3.63) is 35.9 Å². The number of hydrogen-bond donors (Lipinski definition) is 0. The molecule has 2 fully saturated rings. The predicted molar refractivity (Wildman–Crippen MR) is 55.8 cm³/mol. The number of esters is 1. The van der Waals surface area contributed by atoms with Crippen LogP contribution < -0.4 is 0 Å². The molecule has 1 heterocycles. The van der Waals surface area contributed by atoms with Crippen molar-refractivity contribution in [2.24, 2.45) is 10.9 Å². The summed E-state index contributed by atoms with van der Waals surface area (Å²) in [4.78, 5) is 15.8. The highest BCUT2D eigenvalue weighted by Crippen LogP contribution is 2.52. The molecule has 1 aliphatic heterocycles. The van der Waals surface area contributed by atoms with Crippen LogP contribution in [-0.2, 0) is 9.53 Å². The quantitative estimate of drug-likeness (QED) is 0.536. The molecule has 0 amide bonds. The highest BCUT2D eigenvalue weighted by molar-refractivity contribution is 5.91. The fraction of sp³-hybridized carbons (Fsp3) is 0.333. The van der Waals surface area contributed by atoms with Gasteiger partial charge in [-0.15, -0.1) is 0 Å². The number of ether oxygens (including phenoxy) is 1. The lowest BCUT2D eigenvalue weighted by Crippen LogP contribution is -2.18. The van der Waals surface area contributed by atoms with Gasteiger partial charge in [0.1, 0.15) is 0 Å². The van der Waals surface area contributed by atoms with Crippen LogP contribution >= 0.6 is 0 Å². The number of aliphatic imine (C=N–C) groups is 1. The molecule has 1 saturated heterocycles. The summed E-state index contributed by atoms with van der Waals surface area (Å²) in [6.07, 6.45) is 2.63. The van der Waals surface area contributed by atoms with Crippen molar-refractivity contribution in [1.29, 1.82) is 0 Å². The van der Waals surface area contributed by atoms with Crippen LogP contribution in [0.4, 0.5) is 0 Å². The third kappa shape index (κ3) is 1.27. The number of fused-ring (bicyclic) bond motifs is 1. The molecule has 1 aliphatic carbocycles. The zero-order valence-corrected chi connectivity index (χ0v) is 8.22. The van der Waals surface area contributed by atoms with Crippen LogP contribution in [-0.4, -0.2) is 24.3 Å². The minimum Gasteiger partial charge on any atom is -0.463 e. The fourth-order valence-electron chi connectivity index (χ4n) is 2.00. The predicted octanol–water partition coefficient (Wildman–Crippen LogP) is 1.42. The minimum absolute atomic E-state index is 0.153. The molecule has 0 radical (unpaired) electrons. The topological polar surface area (TPSA) is 38.7 Å². The summed E-state index contributed by atoms with van der Waals surface area (Å²) in [7, 11) is 0. The molecule has 2 aliphatic rings. The Morgan fingerprint density at radius 2 is 2.20 bits per heavy atom. The van der Waals surface area contributed by atoms with Crippen LogP contribution in [0.5, 0.6) is 0 Å². The number of benzene rings is 1. The monoisotopic (exact) mass is 201 g/mol. The Morgan fingerprint density at radius 3 is 2.80 bits per heavy atom. The maximum absolute atomic E-state index is 11.4. The first-order valence-electron chi connectivity index (χ1n) is 5.09. The third-order valence-electron chi connectivity index (χ3n) is 3.09. The van der Waals surface area contributed by atoms with Crippen molar-refractivity contribution in [2.45, 2.75) is 12.0 Å². The second-order valence-electron chi connectivity index (χ2n) is 4.09. The number of cyclic esters (lactones) is 1. The van der Waals surface area contributed by atoms with Gasteiger partial charge in [-0.2, -0.15) is 0 Å². The van der Waals surface area contributed by atoms with Gasteiger partial charge in [-0.1, -0.05) is 30.3 Å². The molecule has 1 aromatic rings. The van der Waals surface area contributed by atoms with Crippen LogP contribution in [0.25, 0.3) is 0 Å². The Kier molecular flexibility index (Phi) is 1.69. The lowest BCUT2D eigenvalue weighted by Gasteiger charge is -2.01. The number of carbonyl (C=O) groups excluding carboxylic acids is 1. The maximum atomic E-state index is 11.4. The Morgan fingerprint density at radius 1 is 1.40 bits per heavy atom. The van der Waals surface area contributed by atoms with E-state index in [1.165, 1.54) is 0 Å². The van der Waals surface area contributed by atoms with Crippen LogP contribution in [0, 0.1) is 5.92 Å². The van der Waals surface area contributed by atoms with E-state index >= 15 is 0 Å². The molecule has 0 spiro atoms. The number of nitrogens with zero attached hydrogens (tertiary/aromatic N) is 1. The molecular weight excluding hydrogens is 190 g/mol. The van der Waals surface area contributed by atoms with Gasteiger partial charge >= 0.3 is 5.97 Å². The molecule has 1 aromatic carbocycles. The second kappa shape index (κ2) is 2.92. The van der Waals surface area contributed by atoms with Gasteiger partial charge in [-0.3, -0.25) is 4.99 Å². The van der Waals surface area contributed by atoms with E-state index in [-0.39, 0.29) is 5.97 Å². The SMILES string of the molecule is O=C1OCC2C[C@@]12N=Cc1ccccc1. The molecule has 1 unspecified atom stereocenters. The zero-order chi connectivity index (χ0) is 10.3.